The minimum Gasteiger partial charge on any atom is -0.385 e. The maximum Gasteiger partial charge on any atom is 0.226 e. The summed E-state index contributed by atoms with van der Waals surface area (Å²) in [6.45, 7) is 5.96. The molecule has 0 aliphatic heterocycles. The van der Waals surface area contributed by atoms with Gasteiger partial charge < -0.3 is 25.6 Å². The highest BCUT2D eigenvalue weighted by Gasteiger charge is 2.06. The summed E-state index contributed by atoms with van der Waals surface area (Å²) in [6, 6.07) is 5.79. The lowest BCUT2D eigenvalue weighted by molar-refractivity contribution is -0.116. The van der Waals surface area contributed by atoms with Crippen LogP contribution in [0.25, 0.3) is 0 Å². The van der Waals surface area contributed by atoms with Crippen LogP contribution in [0.2, 0.25) is 0 Å². The first-order valence-electron chi connectivity index (χ1n) is 9.14. The molecule has 3 N–H and O–H groups in total. The number of hydrogen-bond donors (Lipinski definition) is 3. The Kier molecular flexibility index (Phi) is 15.4. The molecule has 0 aliphatic rings. The number of carbonyl (C=O) groups is 1. The van der Waals surface area contributed by atoms with E-state index in [-0.39, 0.29) is 29.9 Å². The van der Waals surface area contributed by atoms with Gasteiger partial charge >= 0.3 is 0 Å². The fourth-order valence-corrected chi connectivity index (χ4v) is 2.93. The van der Waals surface area contributed by atoms with Crippen LogP contribution in [0.3, 0.4) is 0 Å². The summed E-state index contributed by atoms with van der Waals surface area (Å²) in [7, 11) is 5.53. The van der Waals surface area contributed by atoms with Crippen LogP contribution in [0.5, 0.6) is 0 Å². The van der Waals surface area contributed by atoms with E-state index in [1.54, 1.807) is 14.2 Å². The number of aryl methyl sites for hydroxylation is 1. The molecule has 0 radical (unpaired) electrons. The van der Waals surface area contributed by atoms with Gasteiger partial charge in [-0.3, -0.25) is 9.79 Å². The Labute approximate surface area is 194 Å². The summed E-state index contributed by atoms with van der Waals surface area (Å²) in [6.07, 6.45) is 1.39. The largest absolute Gasteiger partial charge is 0.385 e. The molecule has 0 spiro atoms. The van der Waals surface area contributed by atoms with Crippen molar-refractivity contribution >= 4 is 57.5 Å². The van der Waals surface area contributed by atoms with Crippen LogP contribution in [0, 0.1) is 6.92 Å². The molecular weight excluding hydrogens is 537 g/mol. The fraction of sp³-hybridized carbons (Fsp3) is 0.579. The lowest BCUT2D eigenvalue weighted by Gasteiger charge is -2.18. The Morgan fingerprint density at radius 2 is 1.96 bits per heavy atom. The van der Waals surface area contributed by atoms with Crippen LogP contribution in [-0.2, 0) is 9.53 Å². The van der Waals surface area contributed by atoms with Crippen LogP contribution in [0.15, 0.2) is 27.7 Å². The van der Waals surface area contributed by atoms with E-state index in [0.29, 0.717) is 18.9 Å². The van der Waals surface area contributed by atoms with Crippen molar-refractivity contribution in [1.82, 2.24) is 15.5 Å². The number of likely N-dealkylation sites (N-methyl/N-ethyl adjacent to an activating group) is 1. The molecule has 0 fully saturated rings. The van der Waals surface area contributed by atoms with Crippen LogP contribution in [0.1, 0.15) is 18.4 Å². The van der Waals surface area contributed by atoms with E-state index in [9.17, 15) is 4.79 Å². The van der Waals surface area contributed by atoms with Crippen molar-refractivity contribution in [2.45, 2.75) is 19.8 Å². The van der Waals surface area contributed by atoms with Gasteiger partial charge in [-0.2, -0.15) is 0 Å². The molecule has 1 rings (SSSR count). The number of amides is 1. The average molecular weight is 570 g/mol. The van der Waals surface area contributed by atoms with E-state index in [1.807, 2.05) is 25.1 Å². The van der Waals surface area contributed by atoms with Gasteiger partial charge in [0.15, 0.2) is 5.96 Å². The van der Waals surface area contributed by atoms with Crippen molar-refractivity contribution in [1.29, 1.82) is 0 Å². The SMILES string of the molecule is CN=C(NCCC(=O)Nc1ccc(Br)cc1C)NCCN(C)CCCOC.I. The molecule has 1 amide bonds. The normalized spacial score (nSPS) is 11.1. The number of rotatable bonds is 11. The number of nitrogens with one attached hydrogen (secondary N) is 3. The quantitative estimate of drug-likeness (QED) is 0.165. The van der Waals surface area contributed by atoms with Crippen molar-refractivity contribution < 1.29 is 9.53 Å². The summed E-state index contributed by atoms with van der Waals surface area (Å²) in [4.78, 5) is 18.5. The first kappa shape index (κ1) is 27.1. The van der Waals surface area contributed by atoms with Crippen molar-refractivity contribution in [3.63, 3.8) is 0 Å². The minimum atomic E-state index is -0.0266. The molecule has 0 saturated heterocycles. The number of halogens is 2. The Morgan fingerprint density at radius 3 is 2.61 bits per heavy atom. The smallest absolute Gasteiger partial charge is 0.226 e. The van der Waals surface area contributed by atoms with Crippen LogP contribution >= 0.6 is 39.9 Å². The predicted molar refractivity (Wildman–Crippen MR) is 131 cm³/mol. The fourth-order valence-electron chi connectivity index (χ4n) is 2.45. The molecular formula is C19H33BrIN5O2. The molecule has 0 aliphatic carbocycles. The van der Waals surface area contributed by atoms with Crippen LogP contribution in [-0.4, -0.2) is 70.8 Å². The van der Waals surface area contributed by atoms with Gasteiger partial charge in [0.25, 0.3) is 0 Å². The second-order valence-electron chi connectivity index (χ2n) is 6.33. The molecule has 0 heterocycles. The Balaban J connectivity index is 0.00000729. The van der Waals surface area contributed by atoms with Gasteiger partial charge in [-0.1, -0.05) is 15.9 Å². The van der Waals surface area contributed by atoms with Crippen molar-refractivity contribution in [2.24, 2.45) is 4.99 Å². The number of guanidine groups is 1. The second kappa shape index (κ2) is 15.9. The zero-order chi connectivity index (χ0) is 20.1. The van der Waals surface area contributed by atoms with Crippen LogP contribution < -0.4 is 16.0 Å². The van der Waals surface area contributed by atoms with Crippen LogP contribution in [0.4, 0.5) is 5.69 Å². The molecule has 9 heteroatoms. The van der Waals surface area contributed by atoms with E-state index in [2.05, 4.69) is 48.8 Å². The Bertz CT molecular complexity index is 616. The number of methoxy groups -OCH3 is 1. The zero-order valence-corrected chi connectivity index (χ0v) is 21.1. The van der Waals surface area contributed by atoms with Gasteiger partial charge in [0.05, 0.1) is 0 Å². The molecule has 7 nitrogen and oxygen atoms in total. The van der Waals surface area contributed by atoms with E-state index in [4.69, 9.17) is 4.74 Å². The van der Waals surface area contributed by atoms with Gasteiger partial charge in [0, 0.05) is 63.5 Å². The van der Waals surface area contributed by atoms with E-state index in [0.717, 1.165) is 48.4 Å². The Morgan fingerprint density at radius 1 is 1.25 bits per heavy atom. The van der Waals surface area contributed by atoms with Crippen molar-refractivity contribution in [3.8, 4) is 0 Å². The predicted octanol–water partition coefficient (Wildman–Crippen LogP) is 2.84. The Hall–Kier alpha value is -0.910. The van der Waals surface area contributed by atoms with E-state index in [1.165, 1.54) is 0 Å². The van der Waals surface area contributed by atoms with Gasteiger partial charge in [-0.05, 0) is 44.2 Å². The number of anilines is 1. The highest BCUT2D eigenvalue weighted by Crippen LogP contribution is 2.19. The second-order valence-corrected chi connectivity index (χ2v) is 7.25. The lowest BCUT2D eigenvalue weighted by Crippen LogP contribution is -2.42. The number of aliphatic imine (C=N–C) groups is 1. The third kappa shape index (κ3) is 11.8. The van der Waals surface area contributed by atoms with Crippen molar-refractivity contribution in [3.05, 3.63) is 28.2 Å². The number of hydrogen-bond acceptors (Lipinski definition) is 4. The summed E-state index contributed by atoms with van der Waals surface area (Å²) < 4.78 is 6.06. The monoisotopic (exact) mass is 569 g/mol. The number of benzene rings is 1. The molecule has 0 bridgehead atoms. The molecule has 0 atom stereocenters. The first-order valence-corrected chi connectivity index (χ1v) is 9.93. The first-order chi connectivity index (χ1) is 13.0. The molecule has 1 aromatic rings. The molecule has 0 saturated carbocycles. The molecule has 28 heavy (non-hydrogen) atoms. The standard InChI is InChI=1S/C19H32BrN5O2.HI/c1-15-14-16(20)6-7-17(15)24-18(26)8-9-22-19(21-2)23-10-12-25(3)11-5-13-27-4;/h6-7,14H,5,8-13H2,1-4H3,(H,24,26)(H2,21,22,23);1H. The highest BCUT2D eigenvalue weighted by atomic mass is 127. The summed E-state index contributed by atoms with van der Waals surface area (Å²) in [5.74, 6) is 0.675. The zero-order valence-electron chi connectivity index (χ0n) is 17.2. The third-order valence-electron chi connectivity index (χ3n) is 4.00. The maximum absolute atomic E-state index is 12.1. The highest BCUT2D eigenvalue weighted by molar-refractivity contribution is 14.0. The topological polar surface area (TPSA) is 78.0 Å². The van der Waals surface area contributed by atoms with Gasteiger partial charge in [-0.15, -0.1) is 24.0 Å². The minimum absolute atomic E-state index is 0. The van der Waals surface area contributed by atoms with E-state index < -0.39 is 0 Å². The average Bonchev–Trinajstić information content (AvgIpc) is 2.63. The molecule has 160 valence electrons. The lowest BCUT2D eigenvalue weighted by atomic mass is 10.2. The van der Waals surface area contributed by atoms with Gasteiger partial charge in [-0.25, -0.2) is 0 Å². The number of ether oxygens (including phenoxy) is 1. The summed E-state index contributed by atoms with van der Waals surface area (Å²) in [5, 5.41) is 9.36. The summed E-state index contributed by atoms with van der Waals surface area (Å²) in [5.41, 5.74) is 1.86. The maximum atomic E-state index is 12.1. The molecule has 1 aromatic carbocycles. The van der Waals surface area contributed by atoms with Gasteiger partial charge in [0.2, 0.25) is 5.91 Å². The summed E-state index contributed by atoms with van der Waals surface area (Å²) >= 11 is 3.42. The van der Waals surface area contributed by atoms with E-state index >= 15 is 0 Å². The number of nitrogens with zero attached hydrogens (tertiary/aromatic N) is 2. The van der Waals surface area contributed by atoms with Gasteiger partial charge in [0.1, 0.15) is 0 Å². The molecule has 0 aromatic heterocycles. The number of carbonyl (C=O) groups excluding carboxylic acids is 1. The third-order valence-corrected chi connectivity index (χ3v) is 4.50. The van der Waals surface area contributed by atoms with Crippen molar-refractivity contribution in [2.75, 3.05) is 59.3 Å². The molecule has 0 unspecified atom stereocenters.